The second-order valence-electron chi connectivity index (χ2n) is 6.39. The number of carbonyl (C=O) groups is 1. The monoisotopic (exact) mass is 442 g/mol. The van der Waals surface area contributed by atoms with Gasteiger partial charge in [-0.25, -0.2) is 12.8 Å². The Morgan fingerprint density at radius 1 is 1.28 bits per heavy atom. The van der Waals surface area contributed by atoms with Gasteiger partial charge in [0.05, 0.1) is 18.9 Å². The maximum Gasteiger partial charge on any atom is 0.265 e. The molecule has 0 unspecified atom stereocenters. The molecule has 0 atom stereocenters. The first kappa shape index (κ1) is 21.4. The summed E-state index contributed by atoms with van der Waals surface area (Å²) in [6.07, 6.45) is 0. The van der Waals surface area contributed by atoms with Gasteiger partial charge in [0.1, 0.15) is 16.5 Å². The number of carbonyl (C=O) groups excluding carboxylic acids is 1. The third-order valence-electron chi connectivity index (χ3n) is 4.42. The number of sulfonamides is 1. The van der Waals surface area contributed by atoms with Gasteiger partial charge in [0, 0.05) is 23.7 Å². The summed E-state index contributed by atoms with van der Waals surface area (Å²) in [4.78, 5) is 13.6. The van der Waals surface area contributed by atoms with Crippen molar-refractivity contribution < 1.29 is 27.1 Å². The molecule has 1 amide bonds. The average molecular weight is 443 g/mol. The highest BCUT2D eigenvalue weighted by Gasteiger charge is 2.23. The fourth-order valence-corrected chi connectivity index (χ4v) is 4.30. The minimum absolute atomic E-state index is 0.0300. The Hall–Kier alpha value is -2.36. The van der Waals surface area contributed by atoms with Crippen LogP contribution in [0.4, 0.5) is 10.1 Å². The van der Waals surface area contributed by atoms with Gasteiger partial charge in [0.2, 0.25) is 0 Å². The molecule has 7 nitrogen and oxygen atoms in total. The number of nitrogens with one attached hydrogen (secondary N) is 1. The minimum Gasteiger partial charge on any atom is -0.482 e. The van der Waals surface area contributed by atoms with E-state index >= 15 is 0 Å². The Labute approximate surface area is 173 Å². The largest absolute Gasteiger partial charge is 0.482 e. The quantitative estimate of drug-likeness (QED) is 0.743. The van der Waals surface area contributed by atoms with Crippen molar-refractivity contribution in [3.8, 4) is 5.75 Å². The first-order chi connectivity index (χ1) is 13.8. The van der Waals surface area contributed by atoms with Crippen LogP contribution in [0.2, 0.25) is 5.02 Å². The number of amides is 1. The highest BCUT2D eigenvalue weighted by Crippen LogP contribution is 2.30. The molecule has 1 saturated heterocycles. The van der Waals surface area contributed by atoms with E-state index in [0.29, 0.717) is 26.3 Å². The van der Waals surface area contributed by atoms with Crippen LogP contribution >= 0.6 is 11.6 Å². The molecule has 2 aromatic carbocycles. The van der Waals surface area contributed by atoms with Crippen molar-refractivity contribution in [2.45, 2.75) is 11.8 Å². The van der Waals surface area contributed by atoms with Crippen LogP contribution < -0.4 is 9.46 Å². The molecule has 0 bridgehead atoms. The van der Waals surface area contributed by atoms with Crippen molar-refractivity contribution >= 4 is 33.2 Å². The van der Waals surface area contributed by atoms with Gasteiger partial charge in [-0.05, 0) is 37.3 Å². The van der Waals surface area contributed by atoms with E-state index < -0.39 is 15.8 Å². The Bertz CT molecular complexity index is 1010. The summed E-state index contributed by atoms with van der Waals surface area (Å²) in [6, 6.07) is 8.13. The van der Waals surface area contributed by atoms with Gasteiger partial charge < -0.3 is 14.4 Å². The van der Waals surface area contributed by atoms with Crippen molar-refractivity contribution in [3.05, 3.63) is 52.8 Å². The predicted octanol–water partition coefficient (Wildman–Crippen LogP) is 2.83. The third kappa shape index (κ3) is 5.17. The number of hydrogen-bond acceptors (Lipinski definition) is 5. The Morgan fingerprint density at radius 3 is 2.72 bits per heavy atom. The lowest BCUT2D eigenvalue weighted by Gasteiger charge is -2.26. The second-order valence-corrected chi connectivity index (χ2v) is 8.48. The molecule has 0 spiro atoms. The fraction of sp³-hybridized carbons (Fsp3) is 0.316. The number of rotatable bonds is 6. The van der Waals surface area contributed by atoms with Crippen LogP contribution in [0.3, 0.4) is 0 Å². The zero-order chi connectivity index (χ0) is 21.0. The van der Waals surface area contributed by atoms with Crippen LogP contribution in [-0.2, 0) is 19.6 Å². The zero-order valence-corrected chi connectivity index (χ0v) is 17.2. The molecule has 0 aliphatic carbocycles. The summed E-state index contributed by atoms with van der Waals surface area (Å²) in [6.45, 7) is 2.93. The van der Waals surface area contributed by atoms with Gasteiger partial charge in [-0.2, -0.15) is 0 Å². The van der Waals surface area contributed by atoms with Crippen molar-refractivity contribution in [2.75, 3.05) is 37.6 Å². The van der Waals surface area contributed by atoms with Crippen LogP contribution in [0.25, 0.3) is 0 Å². The second kappa shape index (κ2) is 8.98. The van der Waals surface area contributed by atoms with E-state index in [-0.39, 0.29) is 39.4 Å². The lowest BCUT2D eigenvalue weighted by atomic mass is 10.2. The van der Waals surface area contributed by atoms with E-state index in [4.69, 9.17) is 21.1 Å². The van der Waals surface area contributed by atoms with Gasteiger partial charge in [0.15, 0.2) is 6.61 Å². The van der Waals surface area contributed by atoms with Crippen LogP contribution in [0.15, 0.2) is 41.3 Å². The highest BCUT2D eigenvalue weighted by atomic mass is 35.5. The fourth-order valence-electron chi connectivity index (χ4n) is 2.77. The standard InChI is InChI=1S/C19H20ClFN2O5S/c1-13-15(21)3-2-4-16(13)22-29(25,26)18-11-14(20)5-6-17(18)28-12-19(24)23-7-9-27-10-8-23/h2-6,11,22H,7-10,12H2,1H3. The number of morpholine rings is 1. The van der Waals surface area contributed by atoms with E-state index in [2.05, 4.69) is 4.72 Å². The number of benzene rings is 2. The van der Waals surface area contributed by atoms with E-state index in [9.17, 15) is 17.6 Å². The summed E-state index contributed by atoms with van der Waals surface area (Å²) < 4.78 is 52.6. The van der Waals surface area contributed by atoms with Crippen LogP contribution in [0.5, 0.6) is 5.75 Å². The number of ether oxygens (including phenoxy) is 2. The minimum atomic E-state index is -4.15. The molecule has 3 rings (SSSR count). The molecule has 2 aromatic rings. The molecule has 1 aliphatic heterocycles. The first-order valence-electron chi connectivity index (χ1n) is 8.84. The maximum absolute atomic E-state index is 13.8. The smallest absolute Gasteiger partial charge is 0.265 e. The van der Waals surface area contributed by atoms with Crippen molar-refractivity contribution in [1.82, 2.24) is 4.90 Å². The first-order valence-corrected chi connectivity index (χ1v) is 10.7. The Kier molecular flexibility index (Phi) is 6.61. The van der Waals surface area contributed by atoms with E-state index in [0.717, 1.165) is 0 Å². The normalized spacial score (nSPS) is 14.5. The summed E-state index contributed by atoms with van der Waals surface area (Å²) in [7, 11) is -4.15. The molecule has 0 saturated carbocycles. The summed E-state index contributed by atoms with van der Waals surface area (Å²) in [5.74, 6) is -0.845. The molecule has 1 heterocycles. The lowest BCUT2D eigenvalue weighted by Crippen LogP contribution is -2.43. The van der Waals surface area contributed by atoms with Crippen LogP contribution in [0, 0.1) is 12.7 Å². The molecule has 1 aliphatic rings. The summed E-state index contributed by atoms with van der Waals surface area (Å²) in [5.41, 5.74) is 0.253. The van der Waals surface area contributed by atoms with Gasteiger partial charge in [-0.3, -0.25) is 9.52 Å². The third-order valence-corrected chi connectivity index (χ3v) is 6.04. The van der Waals surface area contributed by atoms with Gasteiger partial charge in [0.25, 0.3) is 15.9 Å². The molecule has 1 fully saturated rings. The Morgan fingerprint density at radius 2 is 2.00 bits per heavy atom. The van der Waals surface area contributed by atoms with Gasteiger partial charge in [-0.1, -0.05) is 17.7 Å². The zero-order valence-electron chi connectivity index (χ0n) is 15.7. The maximum atomic E-state index is 13.8. The molecule has 29 heavy (non-hydrogen) atoms. The number of nitrogens with zero attached hydrogens (tertiary/aromatic N) is 1. The van der Waals surface area contributed by atoms with Crippen LogP contribution in [0.1, 0.15) is 5.56 Å². The summed E-state index contributed by atoms with van der Waals surface area (Å²) >= 11 is 5.97. The number of hydrogen-bond donors (Lipinski definition) is 1. The van der Waals surface area contributed by atoms with Crippen LogP contribution in [-0.4, -0.2) is 52.1 Å². The SMILES string of the molecule is Cc1c(F)cccc1NS(=O)(=O)c1cc(Cl)ccc1OCC(=O)N1CCOCC1. The molecular formula is C19H20ClFN2O5S. The van der Waals surface area contributed by atoms with E-state index in [1.807, 2.05) is 0 Å². The van der Waals surface area contributed by atoms with E-state index in [1.165, 1.54) is 43.3 Å². The molecular weight excluding hydrogens is 423 g/mol. The molecule has 0 radical (unpaired) electrons. The number of halogens is 2. The highest BCUT2D eigenvalue weighted by molar-refractivity contribution is 7.92. The molecule has 10 heteroatoms. The number of anilines is 1. The summed E-state index contributed by atoms with van der Waals surface area (Å²) in [5, 5.41) is 0.174. The molecule has 156 valence electrons. The van der Waals surface area contributed by atoms with Gasteiger partial charge in [-0.15, -0.1) is 0 Å². The average Bonchev–Trinajstić information content (AvgIpc) is 2.70. The Balaban J connectivity index is 1.82. The molecule has 0 aromatic heterocycles. The lowest BCUT2D eigenvalue weighted by molar-refractivity contribution is -0.137. The van der Waals surface area contributed by atoms with E-state index in [1.54, 1.807) is 4.90 Å². The predicted molar refractivity (Wildman–Crippen MR) is 106 cm³/mol. The van der Waals surface area contributed by atoms with Gasteiger partial charge >= 0.3 is 0 Å². The van der Waals surface area contributed by atoms with Crippen molar-refractivity contribution in [3.63, 3.8) is 0 Å². The topological polar surface area (TPSA) is 84.9 Å². The van der Waals surface area contributed by atoms with Crippen molar-refractivity contribution in [1.29, 1.82) is 0 Å². The molecule has 1 N–H and O–H groups in total. The van der Waals surface area contributed by atoms with Crippen molar-refractivity contribution in [2.24, 2.45) is 0 Å².